The topological polar surface area (TPSA) is 86.0 Å². The van der Waals surface area contributed by atoms with Gasteiger partial charge in [-0.2, -0.15) is 9.78 Å². The summed E-state index contributed by atoms with van der Waals surface area (Å²) in [6, 6.07) is 12.4. The predicted molar refractivity (Wildman–Crippen MR) is 112 cm³/mol. The van der Waals surface area contributed by atoms with Crippen molar-refractivity contribution in [3.05, 3.63) is 92.0 Å². The van der Waals surface area contributed by atoms with Gasteiger partial charge in [0, 0.05) is 6.04 Å². The van der Waals surface area contributed by atoms with Crippen molar-refractivity contribution in [2.45, 2.75) is 39.8 Å². The average molecular weight is 410 g/mol. The van der Waals surface area contributed by atoms with Crippen molar-refractivity contribution in [2.24, 2.45) is 0 Å². The van der Waals surface area contributed by atoms with Crippen molar-refractivity contribution in [3.63, 3.8) is 0 Å². The summed E-state index contributed by atoms with van der Waals surface area (Å²) in [5.74, 6) is -1.15. The highest BCUT2D eigenvalue weighted by molar-refractivity contribution is 5.91. The summed E-state index contributed by atoms with van der Waals surface area (Å²) in [5, 5.41) is 6.78. The molecule has 0 bridgehead atoms. The number of carbonyl (C=O) groups excluding carboxylic acids is 1. The van der Waals surface area contributed by atoms with Crippen molar-refractivity contribution in [2.75, 3.05) is 0 Å². The van der Waals surface area contributed by atoms with E-state index in [1.165, 1.54) is 18.2 Å². The van der Waals surface area contributed by atoms with E-state index in [-0.39, 0.29) is 12.6 Å². The second-order valence-corrected chi connectivity index (χ2v) is 7.19. The van der Waals surface area contributed by atoms with Crippen LogP contribution in [0.25, 0.3) is 5.69 Å². The number of aryl methyl sites for hydroxylation is 1. The fourth-order valence-corrected chi connectivity index (χ4v) is 2.94. The third-order valence-corrected chi connectivity index (χ3v) is 4.74. The van der Waals surface area contributed by atoms with Gasteiger partial charge in [-0.3, -0.25) is 14.2 Å². The second kappa shape index (κ2) is 8.86. The maximum Gasteiger partial charge on any atom is 0.352 e. The molecule has 1 N–H and O–H groups in total. The van der Waals surface area contributed by atoms with Crippen molar-refractivity contribution in [1.82, 2.24) is 19.7 Å². The molecule has 156 valence electrons. The third kappa shape index (κ3) is 4.53. The highest BCUT2D eigenvalue weighted by atomic mass is 19.1. The number of aromatic nitrogens is 3. The standard InChI is InChI=1S/C22H23FN4O3/c1-4-15(3)24-20(28)19-21(29)26(13-16-8-6-9-17(23)12-16)22(30)27(25-19)18-10-5-7-14(2)11-18/h5-12,15H,4,13H2,1-3H3,(H,24,28)/t15-/m0/s1. The number of halogens is 1. The Morgan fingerprint density at radius 3 is 2.57 bits per heavy atom. The third-order valence-electron chi connectivity index (χ3n) is 4.74. The van der Waals surface area contributed by atoms with E-state index in [0.717, 1.165) is 14.8 Å². The van der Waals surface area contributed by atoms with E-state index in [0.29, 0.717) is 17.7 Å². The fraction of sp³-hybridized carbons (Fsp3) is 0.273. The Kier molecular flexibility index (Phi) is 6.25. The predicted octanol–water partition coefficient (Wildman–Crippen LogP) is 2.42. The molecule has 1 amide bonds. The molecule has 2 aromatic carbocycles. The number of carbonyl (C=O) groups is 1. The van der Waals surface area contributed by atoms with Gasteiger partial charge in [-0.1, -0.05) is 31.2 Å². The first-order valence-electron chi connectivity index (χ1n) is 9.66. The Bertz CT molecular complexity index is 1200. The number of rotatable bonds is 6. The minimum atomic E-state index is -0.825. The molecule has 0 fully saturated rings. The van der Waals surface area contributed by atoms with Crippen LogP contribution in [-0.2, 0) is 6.54 Å². The SMILES string of the molecule is CC[C@H](C)NC(=O)c1nn(-c2cccc(C)c2)c(=O)n(Cc2cccc(F)c2)c1=O. The zero-order valence-corrected chi connectivity index (χ0v) is 17.1. The van der Waals surface area contributed by atoms with Gasteiger partial charge in [-0.05, 0) is 55.7 Å². The van der Waals surface area contributed by atoms with Gasteiger partial charge in [0.15, 0.2) is 0 Å². The van der Waals surface area contributed by atoms with Crippen molar-refractivity contribution in [3.8, 4) is 5.69 Å². The molecule has 1 heterocycles. The van der Waals surface area contributed by atoms with Crippen LogP contribution in [0.2, 0.25) is 0 Å². The molecule has 1 aromatic heterocycles. The smallest absolute Gasteiger partial charge is 0.348 e. The maximum absolute atomic E-state index is 13.6. The van der Waals surface area contributed by atoms with Crippen LogP contribution in [0.5, 0.6) is 0 Å². The molecule has 0 radical (unpaired) electrons. The molecule has 7 nitrogen and oxygen atoms in total. The van der Waals surface area contributed by atoms with Crippen LogP contribution in [0.3, 0.4) is 0 Å². The van der Waals surface area contributed by atoms with E-state index in [4.69, 9.17) is 0 Å². The Hall–Kier alpha value is -3.55. The molecule has 0 aliphatic carbocycles. The lowest BCUT2D eigenvalue weighted by molar-refractivity contribution is 0.0929. The lowest BCUT2D eigenvalue weighted by Crippen LogP contribution is -2.47. The minimum absolute atomic E-state index is 0.172. The number of nitrogens with one attached hydrogen (secondary N) is 1. The first-order valence-corrected chi connectivity index (χ1v) is 9.66. The zero-order valence-electron chi connectivity index (χ0n) is 17.1. The largest absolute Gasteiger partial charge is 0.352 e. The Labute approximate surface area is 172 Å². The van der Waals surface area contributed by atoms with Crippen molar-refractivity contribution in [1.29, 1.82) is 0 Å². The van der Waals surface area contributed by atoms with Gasteiger partial charge in [0.05, 0.1) is 12.2 Å². The molecule has 0 spiro atoms. The van der Waals surface area contributed by atoms with E-state index >= 15 is 0 Å². The normalized spacial score (nSPS) is 11.9. The summed E-state index contributed by atoms with van der Waals surface area (Å²) in [6.45, 7) is 5.37. The lowest BCUT2D eigenvalue weighted by Gasteiger charge is -2.14. The van der Waals surface area contributed by atoms with Crippen LogP contribution in [-0.4, -0.2) is 26.3 Å². The first kappa shape index (κ1) is 21.2. The van der Waals surface area contributed by atoms with E-state index in [1.54, 1.807) is 31.2 Å². The average Bonchev–Trinajstić information content (AvgIpc) is 2.71. The molecule has 0 unspecified atom stereocenters. The highest BCUT2D eigenvalue weighted by Gasteiger charge is 2.21. The van der Waals surface area contributed by atoms with Crippen LogP contribution < -0.4 is 16.6 Å². The fourth-order valence-electron chi connectivity index (χ4n) is 2.94. The zero-order chi connectivity index (χ0) is 21.8. The van der Waals surface area contributed by atoms with E-state index < -0.39 is 28.7 Å². The van der Waals surface area contributed by atoms with E-state index in [9.17, 15) is 18.8 Å². The molecule has 1 atom stereocenters. The molecule has 3 rings (SSSR count). The summed E-state index contributed by atoms with van der Waals surface area (Å²) in [4.78, 5) is 38.7. The van der Waals surface area contributed by atoms with Gasteiger partial charge in [0.2, 0.25) is 5.69 Å². The molecule has 30 heavy (non-hydrogen) atoms. The second-order valence-electron chi connectivity index (χ2n) is 7.19. The lowest BCUT2D eigenvalue weighted by atomic mass is 10.2. The Balaban J connectivity index is 2.20. The molecule has 0 saturated carbocycles. The highest BCUT2D eigenvalue weighted by Crippen LogP contribution is 2.08. The summed E-state index contributed by atoms with van der Waals surface area (Å²) in [6.07, 6.45) is 0.667. The van der Waals surface area contributed by atoms with Crippen molar-refractivity contribution >= 4 is 5.91 Å². The monoisotopic (exact) mass is 410 g/mol. The van der Waals surface area contributed by atoms with Gasteiger partial charge in [-0.15, -0.1) is 0 Å². The summed E-state index contributed by atoms with van der Waals surface area (Å²) >= 11 is 0. The molecule has 0 aliphatic heterocycles. The number of hydrogen-bond donors (Lipinski definition) is 1. The Morgan fingerprint density at radius 1 is 1.17 bits per heavy atom. The minimum Gasteiger partial charge on any atom is -0.348 e. The van der Waals surface area contributed by atoms with Gasteiger partial charge in [0.1, 0.15) is 5.82 Å². The van der Waals surface area contributed by atoms with Gasteiger partial charge < -0.3 is 5.32 Å². The number of hydrogen-bond acceptors (Lipinski definition) is 4. The maximum atomic E-state index is 13.6. The van der Waals surface area contributed by atoms with E-state index in [1.807, 2.05) is 19.9 Å². The van der Waals surface area contributed by atoms with Crippen LogP contribution in [0.15, 0.2) is 58.1 Å². The molecule has 3 aromatic rings. The molecular formula is C22H23FN4O3. The van der Waals surface area contributed by atoms with Crippen LogP contribution in [0, 0.1) is 12.7 Å². The molecule has 0 aliphatic rings. The summed E-state index contributed by atoms with van der Waals surface area (Å²) < 4.78 is 15.5. The quantitative estimate of drug-likeness (QED) is 0.676. The molecule has 8 heteroatoms. The summed E-state index contributed by atoms with van der Waals surface area (Å²) in [5.41, 5.74) is -0.207. The Morgan fingerprint density at radius 2 is 1.90 bits per heavy atom. The molecular weight excluding hydrogens is 387 g/mol. The van der Waals surface area contributed by atoms with Gasteiger partial charge >= 0.3 is 5.69 Å². The van der Waals surface area contributed by atoms with Gasteiger partial charge in [-0.25, -0.2) is 9.18 Å². The van der Waals surface area contributed by atoms with Crippen LogP contribution in [0.1, 0.15) is 41.9 Å². The van der Waals surface area contributed by atoms with Crippen molar-refractivity contribution < 1.29 is 9.18 Å². The van der Waals surface area contributed by atoms with E-state index in [2.05, 4.69) is 10.4 Å². The van der Waals surface area contributed by atoms with Crippen LogP contribution in [0.4, 0.5) is 4.39 Å². The van der Waals surface area contributed by atoms with Gasteiger partial charge in [0.25, 0.3) is 11.5 Å². The van der Waals surface area contributed by atoms with Crippen LogP contribution >= 0.6 is 0 Å². The number of amides is 1. The number of nitrogens with zero attached hydrogens (tertiary/aromatic N) is 3. The summed E-state index contributed by atoms with van der Waals surface area (Å²) in [7, 11) is 0. The first-order chi connectivity index (χ1) is 14.3. The molecule has 0 saturated heterocycles. The number of benzene rings is 2.